The third-order valence-electron chi connectivity index (χ3n) is 4.95. The van der Waals surface area contributed by atoms with E-state index in [1.165, 1.54) is 12.8 Å². The van der Waals surface area contributed by atoms with Crippen LogP contribution in [0.3, 0.4) is 0 Å². The Morgan fingerprint density at radius 2 is 2.00 bits per heavy atom. The molecule has 1 saturated carbocycles. The predicted octanol–water partition coefficient (Wildman–Crippen LogP) is 3.75. The molecule has 0 radical (unpaired) electrons. The monoisotopic (exact) mass is 401 g/mol. The van der Waals surface area contributed by atoms with Gasteiger partial charge in [0.2, 0.25) is 10.0 Å². The Kier molecular flexibility index (Phi) is 4.66. The molecule has 1 aliphatic carbocycles. The molecule has 1 aromatic rings. The molecule has 0 aromatic heterocycles. The second-order valence-corrected chi connectivity index (χ2v) is 9.18. The maximum absolute atomic E-state index is 12.0. The summed E-state index contributed by atoms with van der Waals surface area (Å²) in [7, 11) is -3.39. The number of fused-ring (bicyclic) bond motifs is 1. The largest absolute Gasteiger partial charge is 0.493 e. The Morgan fingerprint density at radius 3 is 2.71 bits per heavy atom. The van der Waals surface area contributed by atoms with Crippen molar-refractivity contribution in [3.63, 3.8) is 0 Å². The molecule has 4 rings (SSSR count). The molecular formula is C20H23N3O4S. The van der Waals surface area contributed by atoms with Crippen LogP contribution < -0.4 is 9.46 Å². The highest BCUT2D eigenvalue weighted by molar-refractivity contribution is 7.92. The van der Waals surface area contributed by atoms with Crippen molar-refractivity contribution in [1.82, 2.24) is 9.71 Å². The van der Waals surface area contributed by atoms with Gasteiger partial charge in [0.15, 0.2) is 5.82 Å². The molecule has 0 saturated heterocycles. The number of aromatic nitrogens is 2. The molecule has 28 heavy (non-hydrogen) atoms. The van der Waals surface area contributed by atoms with E-state index in [0.29, 0.717) is 35.5 Å². The van der Waals surface area contributed by atoms with Crippen molar-refractivity contribution in [2.45, 2.75) is 26.7 Å². The first-order valence-electron chi connectivity index (χ1n) is 9.32. The van der Waals surface area contributed by atoms with Crippen LogP contribution in [0, 0.1) is 12.8 Å². The van der Waals surface area contributed by atoms with Gasteiger partial charge in [-0.2, -0.15) is 4.73 Å². The number of hydrogen-bond donors (Lipinski definition) is 2. The summed E-state index contributed by atoms with van der Waals surface area (Å²) in [5, 5.41) is 10.2. The summed E-state index contributed by atoms with van der Waals surface area (Å²) in [5.74, 6) is 1.71. The third kappa shape index (κ3) is 3.64. The number of anilines is 1. The van der Waals surface area contributed by atoms with E-state index in [0.717, 1.165) is 21.4 Å². The van der Waals surface area contributed by atoms with Crippen LogP contribution in [0.25, 0.3) is 22.5 Å². The molecular weight excluding hydrogens is 378 g/mol. The zero-order valence-corrected chi connectivity index (χ0v) is 16.7. The number of sulfonamides is 1. The lowest BCUT2D eigenvalue weighted by molar-refractivity contribution is 0.180. The van der Waals surface area contributed by atoms with E-state index in [4.69, 9.17) is 4.74 Å². The summed E-state index contributed by atoms with van der Waals surface area (Å²) >= 11 is 0. The predicted molar refractivity (Wildman–Crippen MR) is 108 cm³/mol. The van der Waals surface area contributed by atoms with E-state index in [1.807, 2.05) is 12.1 Å². The first-order chi connectivity index (χ1) is 13.4. The smallest absolute Gasteiger partial charge is 0.232 e. The highest BCUT2D eigenvalue weighted by Crippen LogP contribution is 2.41. The number of hydrogen-bond acceptors (Lipinski definition) is 5. The summed E-state index contributed by atoms with van der Waals surface area (Å²) in [6.07, 6.45) is 3.99. The molecule has 0 amide bonds. The van der Waals surface area contributed by atoms with Gasteiger partial charge < -0.3 is 9.94 Å². The van der Waals surface area contributed by atoms with Crippen molar-refractivity contribution in [2.75, 3.05) is 17.1 Å². The fraction of sp³-hybridized carbons (Fsp3) is 0.350. The van der Waals surface area contributed by atoms with E-state index in [9.17, 15) is 13.6 Å². The number of nitrogens with one attached hydrogen (secondary N) is 1. The fourth-order valence-electron chi connectivity index (χ4n) is 3.12. The number of pyridine rings is 1. The van der Waals surface area contributed by atoms with E-state index in [-0.39, 0.29) is 5.75 Å². The second kappa shape index (κ2) is 7.01. The van der Waals surface area contributed by atoms with E-state index >= 15 is 0 Å². The van der Waals surface area contributed by atoms with Gasteiger partial charge in [-0.15, -0.1) is 0 Å². The van der Waals surface area contributed by atoms with E-state index < -0.39 is 10.0 Å². The normalized spacial score (nSPS) is 14.4. The summed E-state index contributed by atoms with van der Waals surface area (Å²) in [5.41, 5.74) is 3.45. The number of benzene rings is 1. The maximum atomic E-state index is 12.0. The molecule has 0 bridgehead atoms. The molecule has 0 atom stereocenters. The molecule has 0 unspecified atom stereocenters. The van der Waals surface area contributed by atoms with Crippen molar-refractivity contribution in [3.8, 4) is 28.3 Å². The van der Waals surface area contributed by atoms with Crippen molar-refractivity contribution >= 4 is 15.7 Å². The van der Waals surface area contributed by atoms with Crippen LogP contribution in [0.1, 0.15) is 25.5 Å². The molecule has 2 heterocycles. The van der Waals surface area contributed by atoms with Crippen LogP contribution in [0.15, 0.2) is 36.5 Å². The molecule has 8 heteroatoms. The molecule has 148 valence electrons. The lowest BCUT2D eigenvalue weighted by Gasteiger charge is -2.18. The molecule has 2 aliphatic heterocycles. The molecule has 1 fully saturated rings. The average molecular weight is 401 g/mol. The Hall–Kier alpha value is -2.74. The molecule has 2 N–H and O–H groups in total. The average Bonchev–Trinajstić information content (AvgIpc) is 3.37. The number of rotatable bonds is 7. The third-order valence-corrected chi connectivity index (χ3v) is 6.26. The van der Waals surface area contributed by atoms with Gasteiger partial charge in [0.1, 0.15) is 5.75 Å². The van der Waals surface area contributed by atoms with E-state index in [1.54, 1.807) is 38.2 Å². The van der Waals surface area contributed by atoms with Gasteiger partial charge in [0.05, 0.1) is 18.1 Å². The van der Waals surface area contributed by atoms with Gasteiger partial charge in [-0.1, -0.05) is 0 Å². The van der Waals surface area contributed by atoms with Crippen LogP contribution in [-0.2, 0) is 10.0 Å². The minimum atomic E-state index is -3.39. The number of nitrogens with zero attached hydrogens (tertiary/aromatic N) is 2. The molecule has 1 aromatic carbocycles. The van der Waals surface area contributed by atoms with E-state index in [2.05, 4.69) is 9.71 Å². The summed E-state index contributed by atoms with van der Waals surface area (Å²) in [6.45, 7) is 4.02. The maximum Gasteiger partial charge on any atom is 0.232 e. The lowest BCUT2D eigenvalue weighted by Crippen LogP contribution is -2.14. The Balaban J connectivity index is 1.83. The second-order valence-electron chi connectivity index (χ2n) is 7.16. The van der Waals surface area contributed by atoms with Crippen LogP contribution in [-0.4, -0.2) is 35.7 Å². The zero-order valence-electron chi connectivity index (χ0n) is 15.8. The summed E-state index contributed by atoms with van der Waals surface area (Å²) < 4.78 is 33.7. The van der Waals surface area contributed by atoms with Crippen molar-refractivity contribution in [2.24, 2.45) is 5.92 Å². The Labute approximate surface area is 164 Å². The SMILES string of the molecule is CCS(=O)(=O)Nc1ccc(OCC2CC2)c(-c2cc(C)n(O)c3nccc2-3)c1. The van der Waals surface area contributed by atoms with Crippen molar-refractivity contribution in [1.29, 1.82) is 0 Å². The standard InChI is InChI=1S/C20H23N3O4S/c1-3-28(25,26)22-15-6-7-19(27-12-14-4-5-14)18(11-15)17-10-13(2)23(24)20-16(17)8-9-21-20/h6-11,14,22,24H,3-5,12H2,1-2H3. The minimum absolute atomic E-state index is 0.00572. The van der Waals surface area contributed by atoms with Crippen molar-refractivity contribution in [3.05, 3.63) is 42.2 Å². The van der Waals surface area contributed by atoms with Crippen LogP contribution >= 0.6 is 0 Å². The minimum Gasteiger partial charge on any atom is -0.493 e. The highest BCUT2D eigenvalue weighted by Gasteiger charge is 2.24. The molecule has 3 aliphatic rings. The zero-order chi connectivity index (χ0) is 19.9. The Bertz CT molecular complexity index is 1090. The topological polar surface area (TPSA) is 93.5 Å². The van der Waals surface area contributed by atoms with Gasteiger partial charge in [0.25, 0.3) is 0 Å². The number of aryl methyl sites for hydroxylation is 1. The lowest BCUT2D eigenvalue weighted by atomic mass is 9.98. The molecule has 7 nitrogen and oxygen atoms in total. The quantitative estimate of drug-likeness (QED) is 0.588. The van der Waals surface area contributed by atoms with Crippen LogP contribution in [0.2, 0.25) is 0 Å². The van der Waals surface area contributed by atoms with Gasteiger partial charge in [-0.25, -0.2) is 13.4 Å². The first-order valence-corrected chi connectivity index (χ1v) is 11.0. The molecule has 0 spiro atoms. The van der Waals surface area contributed by atoms with Gasteiger partial charge in [-0.3, -0.25) is 4.72 Å². The van der Waals surface area contributed by atoms with Gasteiger partial charge >= 0.3 is 0 Å². The highest BCUT2D eigenvalue weighted by atomic mass is 32.2. The van der Waals surface area contributed by atoms with Crippen LogP contribution in [0.4, 0.5) is 5.69 Å². The van der Waals surface area contributed by atoms with Crippen molar-refractivity contribution < 1.29 is 18.4 Å². The van der Waals surface area contributed by atoms with Crippen LogP contribution in [0.5, 0.6) is 5.75 Å². The Morgan fingerprint density at radius 1 is 1.21 bits per heavy atom. The summed E-state index contributed by atoms with van der Waals surface area (Å²) in [4.78, 5) is 4.23. The van der Waals surface area contributed by atoms with Gasteiger partial charge in [0, 0.05) is 23.0 Å². The number of ether oxygens (including phenoxy) is 1. The fourth-order valence-corrected chi connectivity index (χ4v) is 3.75. The van der Waals surface area contributed by atoms with Gasteiger partial charge in [-0.05, 0) is 68.5 Å². The first kappa shape index (κ1) is 18.6. The summed E-state index contributed by atoms with van der Waals surface area (Å²) in [6, 6.07) is 8.95.